The summed E-state index contributed by atoms with van der Waals surface area (Å²) in [4.78, 5) is 2.40. The Morgan fingerprint density at radius 3 is 1.16 bits per heavy atom. The number of rotatable bonds is 7. The Morgan fingerprint density at radius 2 is 0.581 bits per heavy atom. The molecule has 10 aromatic carbocycles. The zero-order valence-electron chi connectivity index (χ0n) is 34.1. The van der Waals surface area contributed by atoms with Gasteiger partial charge in [-0.2, -0.15) is 0 Å². The molecule has 2 aliphatic carbocycles. The number of nitrogens with zero attached hydrogens (tertiary/aromatic N) is 1. The maximum Gasteiger partial charge on any atom is 0.0726 e. The van der Waals surface area contributed by atoms with Gasteiger partial charge in [0.15, 0.2) is 0 Å². The van der Waals surface area contributed by atoms with E-state index in [4.69, 9.17) is 0 Å². The number of para-hydroxylation sites is 1. The van der Waals surface area contributed by atoms with Crippen LogP contribution in [0.2, 0.25) is 0 Å². The van der Waals surface area contributed by atoms with Crippen molar-refractivity contribution in [2.45, 2.75) is 5.41 Å². The van der Waals surface area contributed by atoms with E-state index in [1.807, 2.05) is 0 Å². The molecule has 0 bridgehead atoms. The molecule has 0 saturated carbocycles. The molecule has 0 amide bonds. The molecular formula is C61H41N. The number of hydrogen-bond donors (Lipinski definition) is 0. The van der Waals surface area contributed by atoms with Crippen LogP contribution in [0, 0.1) is 0 Å². The first kappa shape index (κ1) is 35.9. The second-order valence-electron chi connectivity index (χ2n) is 16.4. The Morgan fingerprint density at radius 1 is 0.210 bits per heavy atom. The number of fused-ring (bicyclic) bond motifs is 10. The van der Waals surface area contributed by atoms with Crippen LogP contribution in [0.15, 0.2) is 249 Å². The van der Waals surface area contributed by atoms with Gasteiger partial charge in [0.2, 0.25) is 0 Å². The van der Waals surface area contributed by atoms with Crippen LogP contribution in [0.4, 0.5) is 17.1 Å². The molecule has 0 atom stereocenters. The van der Waals surface area contributed by atoms with E-state index in [9.17, 15) is 0 Å². The topological polar surface area (TPSA) is 3.24 Å². The molecule has 290 valence electrons. The Labute approximate surface area is 363 Å². The monoisotopic (exact) mass is 787 g/mol. The van der Waals surface area contributed by atoms with Crippen LogP contribution in [0.1, 0.15) is 22.3 Å². The van der Waals surface area contributed by atoms with Gasteiger partial charge in [-0.05, 0) is 131 Å². The van der Waals surface area contributed by atoms with Gasteiger partial charge >= 0.3 is 0 Å². The van der Waals surface area contributed by atoms with Crippen LogP contribution in [-0.4, -0.2) is 0 Å². The van der Waals surface area contributed by atoms with Crippen molar-refractivity contribution in [3.63, 3.8) is 0 Å². The highest BCUT2D eigenvalue weighted by Crippen LogP contribution is 2.63. The van der Waals surface area contributed by atoms with Gasteiger partial charge in [0.25, 0.3) is 0 Å². The second kappa shape index (κ2) is 14.6. The van der Waals surface area contributed by atoms with Crippen LogP contribution in [-0.2, 0) is 5.41 Å². The van der Waals surface area contributed by atoms with Crippen molar-refractivity contribution in [3.8, 4) is 66.8 Å². The third-order valence-electron chi connectivity index (χ3n) is 13.1. The predicted molar refractivity (Wildman–Crippen MR) is 259 cm³/mol. The molecule has 0 heterocycles. The largest absolute Gasteiger partial charge is 0.310 e. The van der Waals surface area contributed by atoms with Crippen LogP contribution < -0.4 is 4.90 Å². The molecule has 0 saturated heterocycles. The summed E-state index contributed by atoms with van der Waals surface area (Å²) in [6, 6.07) is 91.3. The van der Waals surface area contributed by atoms with Crippen molar-refractivity contribution >= 4 is 17.1 Å². The van der Waals surface area contributed by atoms with Gasteiger partial charge in [0, 0.05) is 17.1 Å². The Balaban J connectivity index is 0.936. The highest BCUT2D eigenvalue weighted by atomic mass is 15.1. The lowest BCUT2D eigenvalue weighted by atomic mass is 9.70. The molecule has 1 spiro atoms. The van der Waals surface area contributed by atoms with Crippen molar-refractivity contribution in [1.29, 1.82) is 0 Å². The van der Waals surface area contributed by atoms with E-state index in [1.165, 1.54) is 89.0 Å². The number of anilines is 3. The molecule has 10 aromatic rings. The van der Waals surface area contributed by atoms with Crippen LogP contribution in [0.25, 0.3) is 66.8 Å². The molecule has 0 fully saturated rings. The number of hydrogen-bond acceptors (Lipinski definition) is 1. The summed E-state index contributed by atoms with van der Waals surface area (Å²) in [6.45, 7) is 0. The van der Waals surface area contributed by atoms with E-state index in [1.54, 1.807) is 0 Å². The minimum absolute atomic E-state index is 0.405. The van der Waals surface area contributed by atoms with Crippen molar-refractivity contribution < 1.29 is 0 Å². The molecule has 12 rings (SSSR count). The molecule has 0 unspecified atom stereocenters. The van der Waals surface area contributed by atoms with Gasteiger partial charge < -0.3 is 4.90 Å². The molecule has 0 aromatic heterocycles. The summed E-state index contributed by atoms with van der Waals surface area (Å²) in [5.41, 5.74) is 23.2. The summed E-state index contributed by atoms with van der Waals surface area (Å²) in [6.07, 6.45) is 0. The van der Waals surface area contributed by atoms with Crippen LogP contribution in [0.3, 0.4) is 0 Å². The highest BCUT2D eigenvalue weighted by molar-refractivity contribution is 5.96. The lowest BCUT2D eigenvalue weighted by Gasteiger charge is -2.32. The lowest BCUT2D eigenvalue weighted by Crippen LogP contribution is -2.26. The fourth-order valence-corrected chi connectivity index (χ4v) is 10.4. The van der Waals surface area contributed by atoms with Crippen molar-refractivity contribution in [2.24, 2.45) is 0 Å². The zero-order valence-corrected chi connectivity index (χ0v) is 34.1. The summed E-state index contributed by atoms with van der Waals surface area (Å²) in [7, 11) is 0. The molecule has 2 aliphatic rings. The maximum atomic E-state index is 2.46. The van der Waals surface area contributed by atoms with Crippen molar-refractivity contribution in [1.82, 2.24) is 0 Å². The quantitative estimate of drug-likeness (QED) is 0.155. The molecule has 0 aliphatic heterocycles. The average molecular weight is 788 g/mol. The minimum Gasteiger partial charge on any atom is -0.310 e. The minimum atomic E-state index is -0.405. The summed E-state index contributed by atoms with van der Waals surface area (Å²) in [5.74, 6) is 0. The smallest absolute Gasteiger partial charge is 0.0726 e. The lowest BCUT2D eigenvalue weighted by molar-refractivity contribution is 0.793. The highest BCUT2D eigenvalue weighted by Gasteiger charge is 2.51. The molecule has 62 heavy (non-hydrogen) atoms. The standard InChI is InChI=1S/C61H41N/c1-4-16-42(17-5-1)47-34-38-51(45-18-6-2-7-19-45)56(40-47)46-30-28-43(29-31-46)44-32-35-49(36-33-44)62(48-20-8-3-9-21-48)50-37-39-55-54-24-12-15-27-59(54)61(60(55)41-50)57-25-13-10-22-52(57)53-23-11-14-26-58(53)61/h1-41H. The molecule has 0 radical (unpaired) electrons. The van der Waals surface area contributed by atoms with Crippen molar-refractivity contribution in [3.05, 3.63) is 271 Å². The summed E-state index contributed by atoms with van der Waals surface area (Å²) in [5, 5.41) is 0. The Hall–Kier alpha value is -8.00. The van der Waals surface area contributed by atoms with E-state index in [0.717, 1.165) is 17.1 Å². The van der Waals surface area contributed by atoms with E-state index in [0.29, 0.717) is 0 Å². The van der Waals surface area contributed by atoms with Gasteiger partial charge in [-0.1, -0.05) is 206 Å². The fraction of sp³-hybridized carbons (Fsp3) is 0.0164. The van der Waals surface area contributed by atoms with Crippen molar-refractivity contribution in [2.75, 3.05) is 4.90 Å². The molecule has 1 nitrogen and oxygen atoms in total. The van der Waals surface area contributed by atoms with Crippen LogP contribution in [0.5, 0.6) is 0 Å². The SMILES string of the molecule is c1ccc(-c2ccc(-c3ccccc3)c(-c3ccc(-c4ccc(N(c5ccccc5)c5ccc6c(c5)C5(c7ccccc7-c7ccccc75)c5ccccc5-6)cc4)cc3)c2)cc1. The second-order valence-corrected chi connectivity index (χ2v) is 16.4. The van der Waals surface area contributed by atoms with Gasteiger partial charge in [-0.25, -0.2) is 0 Å². The summed E-state index contributed by atoms with van der Waals surface area (Å²) >= 11 is 0. The first-order valence-electron chi connectivity index (χ1n) is 21.5. The molecular weight excluding hydrogens is 747 g/mol. The fourth-order valence-electron chi connectivity index (χ4n) is 10.4. The van der Waals surface area contributed by atoms with E-state index in [2.05, 4.69) is 254 Å². The zero-order chi connectivity index (χ0) is 41.0. The summed E-state index contributed by atoms with van der Waals surface area (Å²) < 4.78 is 0. The van der Waals surface area contributed by atoms with Gasteiger partial charge in [-0.3, -0.25) is 0 Å². The Kier molecular flexibility index (Phi) is 8.47. The third-order valence-corrected chi connectivity index (χ3v) is 13.1. The van der Waals surface area contributed by atoms with E-state index < -0.39 is 5.41 Å². The van der Waals surface area contributed by atoms with Gasteiger partial charge in [-0.15, -0.1) is 0 Å². The normalized spacial score (nSPS) is 12.6. The van der Waals surface area contributed by atoms with Gasteiger partial charge in [0.05, 0.1) is 5.41 Å². The first-order chi connectivity index (χ1) is 30.8. The molecule has 1 heteroatoms. The number of benzene rings is 10. The van der Waals surface area contributed by atoms with Crippen LogP contribution >= 0.6 is 0 Å². The average Bonchev–Trinajstić information content (AvgIpc) is 3.82. The third kappa shape index (κ3) is 5.63. The van der Waals surface area contributed by atoms with E-state index >= 15 is 0 Å². The Bertz CT molecular complexity index is 3190. The molecule has 0 N–H and O–H groups in total. The van der Waals surface area contributed by atoms with E-state index in [-0.39, 0.29) is 0 Å². The maximum absolute atomic E-state index is 2.46. The first-order valence-corrected chi connectivity index (χ1v) is 21.5. The predicted octanol–water partition coefficient (Wildman–Crippen LogP) is 16.2. The van der Waals surface area contributed by atoms with Gasteiger partial charge in [0.1, 0.15) is 0 Å².